The second-order valence-electron chi connectivity index (χ2n) is 5.80. The van der Waals surface area contributed by atoms with Crippen LogP contribution in [0.5, 0.6) is 0 Å². The fourth-order valence-electron chi connectivity index (χ4n) is 2.89. The van der Waals surface area contributed by atoms with Gasteiger partial charge >= 0.3 is 11.7 Å². The summed E-state index contributed by atoms with van der Waals surface area (Å²) < 4.78 is 1.34. The molecule has 1 aliphatic rings. The summed E-state index contributed by atoms with van der Waals surface area (Å²) in [4.78, 5) is 23.7. The summed E-state index contributed by atoms with van der Waals surface area (Å²) in [6.07, 6.45) is 2.85. The topological polar surface area (TPSA) is 102 Å². The van der Waals surface area contributed by atoms with Gasteiger partial charge in [0.25, 0.3) is 0 Å². The Balaban J connectivity index is 2.49. The van der Waals surface area contributed by atoms with Gasteiger partial charge < -0.3 is 10.0 Å². The first kappa shape index (κ1) is 14.3. The van der Waals surface area contributed by atoms with Crippen molar-refractivity contribution in [1.82, 2.24) is 9.78 Å². The number of nitrogens with zero attached hydrogens (tertiary/aromatic N) is 4. The third-order valence-corrected chi connectivity index (χ3v) is 3.77. The Hall–Kier alpha value is -2.12. The first-order valence-electron chi connectivity index (χ1n) is 6.41. The Morgan fingerprint density at radius 2 is 2.25 bits per heavy atom. The van der Waals surface area contributed by atoms with Gasteiger partial charge in [0.15, 0.2) is 0 Å². The standard InChI is InChI=1S/C12H18N4O4/c1-12(2)5-4-6-15(9(12)11(17)18)10-8(16(19)20)7-14(3)13-10/h7,9H,4-6H2,1-3H3,(H,17,18). The maximum absolute atomic E-state index is 11.6. The Morgan fingerprint density at radius 1 is 1.60 bits per heavy atom. The van der Waals surface area contributed by atoms with Gasteiger partial charge in [-0.05, 0) is 18.3 Å². The lowest BCUT2D eigenvalue weighted by atomic mass is 9.76. The minimum atomic E-state index is -0.977. The number of aryl methyl sites for hydroxylation is 1. The molecule has 0 saturated carbocycles. The predicted molar refractivity (Wildman–Crippen MR) is 71.6 cm³/mol. The number of rotatable bonds is 3. The minimum absolute atomic E-state index is 0.137. The highest BCUT2D eigenvalue weighted by Crippen LogP contribution is 2.39. The zero-order valence-electron chi connectivity index (χ0n) is 11.7. The van der Waals surface area contributed by atoms with Crippen molar-refractivity contribution in [3.8, 4) is 0 Å². The summed E-state index contributed by atoms with van der Waals surface area (Å²) in [5.41, 5.74) is -0.619. The molecule has 0 bridgehead atoms. The second kappa shape index (κ2) is 4.77. The minimum Gasteiger partial charge on any atom is -0.480 e. The Labute approximate surface area is 116 Å². The highest BCUT2D eigenvalue weighted by atomic mass is 16.6. The van der Waals surface area contributed by atoms with E-state index in [1.54, 1.807) is 11.9 Å². The Bertz CT molecular complexity index is 552. The summed E-state index contributed by atoms with van der Waals surface area (Å²) in [7, 11) is 1.58. The van der Waals surface area contributed by atoms with Gasteiger partial charge in [0.1, 0.15) is 12.2 Å². The zero-order valence-corrected chi connectivity index (χ0v) is 11.7. The molecule has 1 unspecified atom stereocenters. The molecule has 1 atom stereocenters. The molecule has 2 heterocycles. The maximum Gasteiger partial charge on any atom is 0.330 e. The van der Waals surface area contributed by atoms with E-state index in [0.29, 0.717) is 6.54 Å². The average molecular weight is 282 g/mol. The molecule has 2 rings (SSSR count). The molecule has 1 aromatic heterocycles. The van der Waals surface area contributed by atoms with E-state index in [2.05, 4.69) is 5.10 Å². The molecule has 8 nitrogen and oxygen atoms in total. The molecule has 1 saturated heterocycles. The van der Waals surface area contributed by atoms with Crippen molar-refractivity contribution in [3.63, 3.8) is 0 Å². The molecular weight excluding hydrogens is 264 g/mol. The van der Waals surface area contributed by atoms with E-state index < -0.39 is 22.3 Å². The molecule has 1 N–H and O–H groups in total. The van der Waals surface area contributed by atoms with E-state index in [1.165, 1.54) is 10.9 Å². The molecule has 1 aliphatic heterocycles. The maximum atomic E-state index is 11.6. The van der Waals surface area contributed by atoms with E-state index in [9.17, 15) is 20.0 Å². The van der Waals surface area contributed by atoms with E-state index in [4.69, 9.17) is 0 Å². The molecule has 0 spiro atoms. The molecule has 0 aromatic carbocycles. The average Bonchev–Trinajstić information content (AvgIpc) is 2.69. The summed E-state index contributed by atoms with van der Waals surface area (Å²) in [6.45, 7) is 4.19. The van der Waals surface area contributed by atoms with Crippen molar-refractivity contribution in [1.29, 1.82) is 0 Å². The van der Waals surface area contributed by atoms with Crippen molar-refractivity contribution in [3.05, 3.63) is 16.3 Å². The molecule has 20 heavy (non-hydrogen) atoms. The predicted octanol–water partition coefficient (Wildman–Crippen LogP) is 1.41. The Kier molecular flexibility index (Phi) is 3.41. The van der Waals surface area contributed by atoms with Crippen LogP contribution in [0.15, 0.2) is 6.20 Å². The van der Waals surface area contributed by atoms with Gasteiger partial charge in [-0.2, -0.15) is 0 Å². The summed E-state index contributed by atoms with van der Waals surface area (Å²) in [6, 6.07) is -0.815. The smallest absolute Gasteiger partial charge is 0.330 e. The number of aromatic nitrogens is 2. The van der Waals surface area contributed by atoms with Crippen LogP contribution in [0.4, 0.5) is 11.5 Å². The molecule has 1 aromatic rings. The van der Waals surface area contributed by atoms with Gasteiger partial charge in [-0.15, -0.1) is 5.10 Å². The van der Waals surface area contributed by atoms with Crippen molar-refractivity contribution < 1.29 is 14.8 Å². The highest BCUT2D eigenvalue weighted by Gasteiger charge is 2.45. The van der Waals surface area contributed by atoms with Gasteiger partial charge in [0, 0.05) is 13.6 Å². The lowest BCUT2D eigenvalue weighted by Gasteiger charge is -2.43. The summed E-state index contributed by atoms with van der Waals surface area (Å²) >= 11 is 0. The fourth-order valence-corrected chi connectivity index (χ4v) is 2.89. The van der Waals surface area contributed by atoms with Crippen molar-refractivity contribution >= 4 is 17.5 Å². The van der Waals surface area contributed by atoms with E-state index >= 15 is 0 Å². The number of nitro groups is 1. The van der Waals surface area contributed by atoms with Crippen LogP contribution in [0.2, 0.25) is 0 Å². The quantitative estimate of drug-likeness (QED) is 0.664. The highest BCUT2D eigenvalue weighted by molar-refractivity contribution is 5.80. The van der Waals surface area contributed by atoms with Crippen LogP contribution in [0, 0.1) is 15.5 Å². The number of carboxylic acid groups (broad SMARTS) is 1. The van der Waals surface area contributed by atoms with Gasteiger partial charge in [-0.3, -0.25) is 14.8 Å². The van der Waals surface area contributed by atoms with Crippen LogP contribution in [-0.2, 0) is 11.8 Å². The summed E-state index contributed by atoms with van der Waals surface area (Å²) in [5, 5.41) is 24.7. The number of hydrogen-bond acceptors (Lipinski definition) is 5. The first-order valence-corrected chi connectivity index (χ1v) is 6.41. The number of anilines is 1. The van der Waals surface area contributed by atoms with Crippen LogP contribution < -0.4 is 4.90 Å². The van der Waals surface area contributed by atoms with E-state index in [1.807, 2.05) is 13.8 Å². The first-order chi connectivity index (χ1) is 9.24. The van der Waals surface area contributed by atoms with Gasteiger partial charge in [-0.1, -0.05) is 13.8 Å². The van der Waals surface area contributed by atoms with Crippen molar-refractivity contribution in [2.24, 2.45) is 12.5 Å². The number of aliphatic carboxylic acids is 1. The van der Waals surface area contributed by atoms with Crippen LogP contribution >= 0.6 is 0 Å². The summed E-state index contributed by atoms with van der Waals surface area (Å²) in [5.74, 6) is -0.840. The number of hydrogen-bond donors (Lipinski definition) is 1. The largest absolute Gasteiger partial charge is 0.480 e. The molecule has 8 heteroatoms. The molecular formula is C12H18N4O4. The number of piperidine rings is 1. The number of carboxylic acids is 1. The van der Waals surface area contributed by atoms with E-state index in [0.717, 1.165) is 12.8 Å². The third kappa shape index (κ3) is 2.33. The molecule has 0 amide bonds. The molecule has 110 valence electrons. The molecule has 0 aliphatic carbocycles. The van der Waals surface area contributed by atoms with Gasteiger partial charge in [0.05, 0.1) is 4.92 Å². The lowest BCUT2D eigenvalue weighted by molar-refractivity contribution is -0.384. The normalized spacial score (nSPS) is 21.8. The van der Waals surface area contributed by atoms with Gasteiger partial charge in [-0.25, -0.2) is 4.79 Å². The molecule has 1 fully saturated rings. The fraction of sp³-hybridized carbons (Fsp3) is 0.667. The van der Waals surface area contributed by atoms with Gasteiger partial charge in [0.2, 0.25) is 5.82 Å². The van der Waals surface area contributed by atoms with Crippen molar-refractivity contribution in [2.75, 3.05) is 11.4 Å². The molecule has 0 radical (unpaired) electrons. The van der Waals surface area contributed by atoms with Crippen LogP contribution in [-0.4, -0.2) is 38.4 Å². The Morgan fingerprint density at radius 3 is 2.80 bits per heavy atom. The monoisotopic (exact) mass is 282 g/mol. The lowest BCUT2D eigenvalue weighted by Crippen LogP contribution is -2.54. The van der Waals surface area contributed by atoms with E-state index in [-0.39, 0.29) is 11.5 Å². The van der Waals surface area contributed by atoms with Crippen LogP contribution in [0.3, 0.4) is 0 Å². The van der Waals surface area contributed by atoms with Crippen molar-refractivity contribution in [2.45, 2.75) is 32.7 Å². The zero-order chi connectivity index (χ0) is 15.1. The number of carbonyl (C=O) groups is 1. The van der Waals surface area contributed by atoms with Crippen LogP contribution in [0.1, 0.15) is 26.7 Å². The van der Waals surface area contributed by atoms with Crippen LogP contribution in [0.25, 0.3) is 0 Å². The second-order valence-corrected chi connectivity index (χ2v) is 5.80. The third-order valence-electron chi connectivity index (χ3n) is 3.77. The SMILES string of the molecule is Cn1cc([N+](=O)[O-])c(N2CCCC(C)(C)C2C(=O)O)n1.